The van der Waals surface area contributed by atoms with E-state index < -0.39 is 0 Å². The van der Waals surface area contributed by atoms with E-state index in [1.165, 1.54) is 12.8 Å². The van der Waals surface area contributed by atoms with Gasteiger partial charge in [0.05, 0.1) is 0 Å². The van der Waals surface area contributed by atoms with Crippen molar-refractivity contribution in [3.05, 3.63) is 29.8 Å². The number of nitrogens with two attached hydrogens (primary N) is 1. The van der Waals surface area contributed by atoms with Crippen LogP contribution in [0.5, 0.6) is 0 Å². The fraction of sp³-hybridized carbons (Fsp3) is 0.533. The average molecular weight is 262 g/mol. The fourth-order valence-electron chi connectivity index (χ4n) is 1.82. The molecule has 1 aromatic carbocycles. The van der Waals surface area contributed by atoms with Crippen molar-refractivity contribution in [1.82, 2.24) is 0 Å². The minimum atomic E-state index is 0.0375. The van der Waals surface area contributed by atoms with Gasteiger partial charge in [-0.25, -0.2) is 0 Å². The molecule has 19 heavy (non-hydrogen) atoms. The molecule has 0 unspecified atom stereocenters. The van der Waals surface area contributed by atoms with E-state index in [0.29, 0.717) is 19.6 Å². The molecule has 1 amide bonds. The highest BCUT2D eigenvalue weighted by Gasteiger charge is 2.20. The molecule has 4 nitrogen and oxygen atoms in total. The minimum absolute atomic E-state index is 0.0375. The van der Waals surface area contributed by atoms with Crippen LogP contribution in [0, 0.1) is 5.92 Å². The molecule has 0 heterocycles. The zero-order chi connectivity index (χ0) is 13.5. The summed E-state index contributed by atoms with van der Waals surface area (Å²) in [5, 5.41) is 2.87. The highest BCUT2D eigenvalue weighted by Crippen LogP contribution is 2.28. The van der Waals surface area contributed by atoms with Crippen LogP contribution in [0.25, 0.3) is 0 Å². The molecule has 4 heteroatoms. The summed E-state index contributed by atoms with van der Waals surface area (Å²) in [5.74, 6) is 0.824. The third-order valence-corrected chi connectivity index (χ3v) is 3.22. The molecule has 0 aromatic heterocycles. The predicted molar refractivity (Wildman–Crippen MR) is 75.7 cm³/mol. The first-order chi connectivity index (χ1) is 9.28. The van der Waals surface area contributed by atoms with Gasteiger partial charge in [0.15, 0.2) is 0 Å². The molecule has 2 rings (SSSR count). The maximum atomic E-state index is 11.7. The Morgan fingerprint density at radius 1 is 1.32 bits per heavy atom. The quantitative estimate of drug-likeness (QED) is 0.706. The van der Waals surface area contributed by atoms with Gasteiger partial charge in [-0.2, -0.15) is 0 Å². The normalized spacial score (nSPS) is 14.4. The lowest BCUT2D eigenvalue weighted by molar-refractivity contribution is -0.116. The molecule has 0 atom stereocenters. The number of benzene rings is 1. The maximum absolute atomic E-state index is 11.7. The van der Waals surface area contributed by atoms with E-state index in [0.717, 1.165) is 30.2 Å². The Hall–Kier alpha value is -1.39. The van der Waals surface area contributed by atoms with Crippen molar-refractivity contribution in [2.75, 3.05) is 18.5 Å². The molecule has 0 saturated heterocycles. The monoisotopic (exact) mass is 262 g/mol. The van der Waals surface area contributed by atoms with E-state index in [4.69, 9.17) is 10.5 Å². The van der Waals surface area contributed by atoms with Gasteiger partial charge in [0, 0.05) is 31.9 Å². The van der Waals surface area contributed by atoms with Gasteiger partial charge in [0.1, 0.15) is 0 Å². The zero-order valence-electron chi connectivity index (χ0n) is 11.2. The van der Waals surface area contributed by atoms with Crippen LogP contribution in [0.15, 0.2) is 24.3 Å². The molecule has 1 fully saturated rings. The largest absolute Gasteiger partial charge is 0.381 e. The van der Waals surface area contributed by atoms with Crippen molar-refractivity contribution in [3.63, 3.8) is 0 Å². The summed E-state index contributed by atoms with van der Waals surface area (Å²) < 4.78 is 5.49. The van der Waals surface area contributed by atoms with E-state index in [-0.39, 0.29) is 5.91 Å². The second kappa shape index (κ2) is 7.26. The number of amides is 1. The van der Waals surface area contributed by atoms with Crippen LogP contribution < -0.4 is 11.1 Å². The summed E-state index contributed by atoms with van der Waals surface area (Å²) in [6.45, 7) is 2.06. The van der Waals surface area contributed by atoms with Crippen molar-refractivity contribution >= 4 is 11.6 Å². The van der Waals surface area contributed by atoms with Crippen molar-refractivity contribution in [1.29, 1.82) is 0 Å². The van der Waals surface area contributed by atoms with Gasteiger partial charge in [0.2, 0.25) is 5.91 Å². The van der Waals surface area contributed by atoms with Crippen LogP contribution in [0.3, 0.4) is 0 Å². The Labute approximate surface area is 114 Å². The van der Waals surface area contributed by atoms with Crippen LogP contribution in [-0.4, -0.2) is 19.1 Å². The smallest absolute Gasteiger partial charge is 0.224 e. The molecule has 0 bridgehead atoms. The summed E-state index contributed by atoms with van der Waals surface area (Å²) in [6.07, 6.45) is 3.89. The highest BCUT2D eigenvalue weighted by atomic mass is 16.5. The Balaban J connectivity index is 1.59. The number of rotatable bonds is 8. The van der Waals surface area contributed by atoms with Gasteiger partial charge in [-0.1, -0.05) is 12.1 Å². The average Bonchev–Trinajstić information content (AvgIpc) is 3.23. The van der Waals surface area contributed by atoms with E-state index in [1.807, 2.05) is 24.3 Å². The zero-order valence-corrected chi connectivity index (χ0v) is 11.2. The van der Waals surface area contributed by atoms with Crippen molar-refractivity contribution in [3.8, 4) is 0 Å². The number of carbonyl (C=O) groups is 1. The van der Waals surface area contributed by atoms with Crippen LogP contribution in [0.2, 0.25) is 0 Å². The molecule has 1 aliphatic carbocycles. The molecule has 1 aliphatic rings. The molecular formula is C15H22N2O2. The van der Waals surface area contributed by atoms with Crippen LogP contribution in [0.4, 0.5) is 5.69 Å². The number of carbonyl (C=O) groups excluding carboxylic acids is 1. The lowest BCUT2D eigenvalue weighted by Gasteiger charge is -2.06. The van der Waals surface area contributed by atoms with Crippen LogP contribution in [-0.2, 0) is 16.1 Å². The summed E-state index contributed by atoms with van der Waals surface area (Å²) in [6, 6.07) is 7.61. The van der Waals surface area contributed by atoms with Gasteiger partial charge in [0.25, 0.3) is 0 Å². The number of hydrogen-bond acceptors (Lipinski definition) is 3. The second-order valence-corrected chi connectivity index (χ2v) is 5.07. The summed E-state index contributed by atoms with van der Waals surface area (Å²) in [4.78, 5) is 11.7. The third kappa shape index (κ3) is 5.41. The maximum Gasteiger partial charge on any atom is 0.224 e. The molecular weight excluding hydrogens is 240 g/mol. The standard InChI is InChI=1S/C15H22N2O2/c16-10-12-5-7-14(8-6-12)17-15(18)2-1-9-19-11-13-3-4-13/h5-8,13H,1-4,9-11,16H2,(H,17,18). The van der Waals surface area contributed by atoms with E-state index in [2.05, 4.69) is 5.32 Å². The Morgan fingerprint density at radius 3 is 2.68 bits per heavy atom. The highest BCUT2D eigenvalue weighted by molar-refractivity contribution is 5.90. The van der Waals surface area contributed by atoms with Crippen molar-refractivity contribution in [2.45, 2.75) is 32.2 Å². The molecule has 1 saturated carbocycles. The van der Waals surface area contributed by atoms with Gasteiger partial charge in [-0.05, 0) is 42.9 Å². The van der Waals surface area contributed by atoms with Gasteiger partial charge < -0.3 is 15.8 Å². The molecule has 0 spiro atoms. The number of hydrogen-bond donors (Lipinski definition) is 2. The van der Waals surface area contributed by atoms with E-state index in [1.54, 1.807) is 0 Å². The topological polar surface area (TPSA) is 64.3 Å². The van der Waals surface area contributed by atoms with E-state index in [9.17, 15) is 4.79 Å². The molecule has 1 aromatic rings. The Kier molecular flexibility index (Phi) is 5.36. The van der Waals surface area contributed by atoms with Crippen LogP contribution >= 0.6 is 0 Å². The van der Waals surface area contributed by atoms with Crippen molar-refractivity contribution < 1.29 is 9.53 Å². The molecule has 0 radical (unpaired) electrons. The number of nitrogens with one attached hydrogen (secondary N) is 1. The van der Waals surface area contributed by atoms with Gasteiger partial charge in [-0.3, -0.25) is 4.79 Å². The first-order valence-corrected chi connectivity index (χ1v) is 6.94. The SMILES string of the molecule is NCc1ccc(NC(=O)CCCOCC2CC2)cc1. The summed E-state index contributed by atoms with van der Waals surface area (Å²) >= 11 is 0. The number of anilines is 1. The predicted octanol–water partition coefficient (Wildman–Crippen LogP) is 2.29. The summed E-state index contributed by atoms with van der Waals surface area (Å²) in [5.41, 5.74) is 7.40. The second-order valence-electron chi connectivity index (χ2n) is 5.07. The van der Waals surface area contributed by atoms with Crippen LogP contribution in [0.1, 0.15) is 31.2 Å². The molecule has 3 N–H and O–H groups in total. The number of ether oxygens (including phenoxy) is 1. The first-order valence-electron chi connectivity index (χ1n) is 6.94. The Morgan fingerprint density at radius 2 is 2.05 bits per heavy atom. The third-order valence-electron chi connectivity index (χ3n) is 3.22. The fourth-order valence-corrected chi connectivity index (χ4v) is 1.82. The minimum Gasteiger partial charge on any atom is -0.381 e. The summed E-state index contributed by atoms with van der Waals surface area (Å²) in [7, 11) is 0. The van der Waals surface area contributed by atoms with Crippen molar-refractivity contribution in [2.24, 2.45) is 11.7 Å². The first kappa shape index (κ1) is 14.0. The van der Waals surface area contributed by atoms with E-state index >= 15 is 0 Å². The Bertz CT molecular complexity index is 399. The van der Waals surface area contributed by atoms with Gasteiger partial charge >= 0.3 is 0 Å². The molecule has 104 valence electrons. The lowest BCUT2D eigenvalue weighted by atomic mass is 10.2. The van der Waals surface area contributed by atoms with Gasteiger partial charge in [-0.15, -0.1) is 0 Å². The lowest BCUT2D eigenvalue weighted by Crippen LogP contribution is -2.12. The molecule has 0 aliphatic heterocycles.